The summed E-state index contributed by atoms with van der Waals surface area (Å²) in [4.78, 5) is 11.6. The van der Waals surface area contributed by atoms with Crippen molar-refractivity contribution in [1.82, 2.24) is 4.57 Å². The number of pyridine rings is 1. The van der Waals surface area contributed by atoms with E-state index in [0.29, 0.717) is 13.2 Å². The molecule has 5 heteroatoms. The minimum absolute atomic E-state index is 0.185. The fourth-order valence-electron chi connectivity index (χ4n) is 1.55. The molecule has 0 saturated carbocycles. The van der Waals surface area contributed by atoms with E-state index in [1.54, 1.807) is 18.3 Å². The zero-order valence-electron chi connectivity index (χ0n) is 9.67. The standard InChI is InChI=1S/C13H13BrN2O2/c14-10-3-1-4-11(9-10)18-8-7-16-6-2-5-12(15)13(16)17/h1-6,9H,7-8,15H2. The number of hydrogen-bond acceptors (Lipinski definition) is 3. The van der Waals surface area contributed by atoms with Gasteiger partial charge in [-0.1, -0.05) is 22.0 Å². The highest BCUT2D eigenvalue weighted by molar-refractivity contribution is 9.10. The summed E-state index contributed by atoms with van der Waals surface area (Å²) in [5, 5.41) is 0. The molecule has 0 saturated heterocycles. The Hall–Kier alpha value is -1.75. The fraction of sp³-hybridized carbons (Fsp3) is 0.154. The molecule has 0 bridgehead atoms. The molecule has 2 N–H and O–H groups in total. The maximum absolute atomic E-state index is 11.6. The number of rotatable bonds is 4. The fourth-order valence-corrected chi connectivity index (χ4v) is 1.93. The molecule has 1 aromatic heterocycles. The number of hydrogen-bond donors (Lipinski definition) is 1. The van der Waals surface area contributed by atoms with E-state index < -0.39 is 0 Å². The van der Waals surface area contributed by atoms with Crippen LogP contribution in [0.2, 0.25) is 0 Å². The molecular formula is C13H13BrN2O2. The van der Waals surface area contributed by atoms with E-state index in [-0.39, 0.29) is 11.2 Å². The molecule has 0 aliphatic heterocycles. The first-order valence-electron chi connectivity index (χ1n) is 5.50. The van der Waals surface area contributed by atoms with E-state index in [0.717, 1.165) is 10.2 Å². The van der Waals surface area contributed by atoms with Gasteiger partial charge in [0.25, 0.3) is 5.56 Å². The molecule has 0 fully saturated rings. The van der Waals surface area contributed by atoms with E-state index in [4.69, 9.17) is 10.5 Å². The second-order valence-corrected chi connectivity index (χ2v) is 4.68. The van der Waals surface area contributed by atoms with Crippen LogP contribution in [0.1, 0.15) is 0 Å². The van der Waals surface area contributed by atoms with Gasteiger partial charge < -0.3 is 15.0 Å². The van der Waals surface area contributed by atoms with Crippen LogP contribution < -0.4 is 16.0 Å². The third kappa shape index (κ3) is 3.13. The molecule has 0 aliphatic carbocycles. The Balaban J connectivity index is 1.97. The van der Waals surface area contributed by atoms with Crippen LogP contribution in [0.5, 0.6) is 5.75 Å². The van der Waals surface area contributed by atoms with Crippen molar-refractivity contribution in [3.05, 3.63) is 57.4 Å². The summed E-state index contributed by atoms with van der Waals surface area (Å²) in [6, 6.07) is 10.9. The third-order valence-corrected chi connectivity index (χ3v) is 2.94. The predicted octanol–water partition coefficient (Wildman–Crippen LogP) is 2.27. The van der Waals surface area contributed by atoms with Crippen LogP contribution >= 0.6 is 15.9 Å². The van der Waals surface area contributed by atoms with Gasteiger partial charge in [0.1, 0.15) is 12.4 Å². The van der Waals surface area contributed by atoms with Gasteiger partial charge >= 0.3 is 0 Å². The summed E-state index contributed by atoms with van der Waals surface area (Å²) in [5.41, 5.74) is 5.61. The quantitative estimate of drug-likeness (QED) is 0.942. The van der Waals surface area contributed by atoms with Gasteiger partial charge in [0, 0.05) is 10.7 Å². The minimum atomic E-state index is -0.185. The highest BCUT2D eigenvalue weighted by atomic mass is 79.9. The number of nitrogen functional groups attached to an aromatic ring is 1. The van der Waals surface area contributed by atoms with Crippen LogP contribution in [0, 0.1) is 0 Å². The lowest BCUT2D eigenvalue weighted by Gasteiger charge is -2.08. The van der Waals surface area contributed by atoms with Crippen LogP contribution in [0.25, 0.3) is 0 Å². The molecule has 1 heterocycles. The molecule has 0 unspecified atom stereocenters. The zero-order valence-corrected chi connectivity index (χ0v) is 11.3. The molecule has 2 aromatic rings. The maximum Gasteiger partial charge on any atom is 0.273 e. The van der Waals surface area contributed by atoms with Crippen LogP contribution in [0.3, 0.4) is 0 Å². The predicted molar refractivity (Wildman–Crippen MR) is 74.8 cm³/mol. The number of ether oxygens (including phenoxy) is 1. The Kier molecular flexibility index (Phi) is 4.04. The van der Waals surface area contributed by atoms with Gasteiger partial charge in [-0.05, 0) is 30.3 Å². The van der Waals surface area contributed by atoms with Gasteiger partial charge in [-0.25, -0.2) is 0 Å². The Morgan fingerprint density at radius 3 is 2.89 bits per heavy atom. The summed E-state index contributed by atoms with van der Waals surface area (Å²) in [5.74, 6) is 0.765. The minimum Gasteiger partial charge on any atom is -0.492 e. The van der Waals surface area contributed by atoms with Crippen molar-refractivity contribution in [2.75, 3.05) is 12.3 Å². The van der Waals surface area contributed by atoms with Crippen molar-refractivity contribution in [2.24, 2.45) is 0 Å². The van der Waals surface area contributed by atoms with Gasteiger partial charge in [0.2, 0.25) is 0 Å². The lowest BCUT2D eigenvalue weighted by Crippen LogP contribution is -2.24. The van der Waals surface area contributed by atoms with E-state index in [1.807, 2.05) is 24.3 Å². The molecule has 94 valence electrons. The van der Waals surface area contributed by atoms with Gasteiger partial charge in [-0.15, -0.1) is 0 Å². The Morgan fingerprint density at radius 2 is 2.11 bits per heavy atom. The van der Waals surface area contributed by atoms with E-state index >= 15 is 0 Å². The third-order valence-electron chi connectivity index (χ3n) is 2.45. The van der Waals surface area contributed by atoms with Crippen LogP contribution in [0.15, 0.2) is 51.9 Å². The normalized spacial score (nSPS) is 10.3. The first kappa shape index (κ1) is 12.7. The number of benzene rings is 1. The number of nitrogens with zero attached hydrogens (tertiary/aromatic N) is 1. The monoisotopic (exact) mass is 308 g/mol. The first-order chi connectivity index (χ1) is 8.66. The average Bonchev–Trinajstić information content (AvgIpc) is 2.35. The van der Waals surface area contributed by atoms with Gasteiger partial charge in [0.15, 0.2) is 0 Å². The average molecular weight is 309 g/mol. The SMILES string of the molecule is Nc1cccn(CCOc2cccc(Br)c2)c1=O. The molecule has 0 atom stereocenters. The summed E-state index contributed by atoms with van der Waals surface area (Å²) >= 11 is 3.37. The second kappa shape index (κ2) is 5.73. The Morgan fingerprint density at radius 1 is 1.28 bits per heavy atom. The molecule has 4 nitrogen and oxygen atoms in total. The molecule has 0 amide bonds. The summed E-state index contributed by atoms with van der Waals surface area (Å²) < 4.78 is 8.05. The smallest absolute Gasteiger partial charge is 0.273 e. The van der Waals surface area contributed by atoms with Crippen molar-refractivity contribution in [3.8, 4) is 5.75 Å². The van der Waals surface area contributed by atoms with Crippen molar-refractivity contribution in [3.63, 3.8) is 0 Å². The van der Waals surface area contributed by atoms with Gasteiger partial charge in [0.05, 0.1) is 12.2 Å². The zero-order chi connectivity index (χ0) is 13.0. The van der Waals surface area contributed by atoms with Crippen LogP contribution in [0.4, 0.5) is 5.69 Å². The molecule has 0 radical (unpaired) electrons. The summed E-state index contributed by atoms with van der Waals surface area (Å²) in [6.07, 6.45) is 1.70. The lowest BCUT2D eigenvalue weighted by molar-refractivity contribution is 0.296. The van der Waals surface area contributed by atoms with Gasteiger partial charge in [-0.3, -0.25) is 4.79 Å². The summed E-state index contributed by atoms with van der Waals surface area (Å²) in [6.45, 7) is 0.885. The lowest BCUT2D eigenvalue weighted by atomic mass is 10.3. The van der Waals surface area contributed by atoms with Crippen molar-refractivity contribution >= 4 is 21.6 Å². The summed E-state index contributed by atoms with van der Waals surface area (Å²) in [7, 11) is 0. The highest BCUT2D eigenvalue weighted by Crippen LogP contribution is 2.17. The molecule has 18 heavy (non-hydrogen) atoms. The van der Waals surface area contributed by atoms with E-state index in [2.05, 4.69) is 15.9 Å². The van der Waals surface area contributed by atoms with Crippen LogP contribution in [-0.2, 0) is 6.54 Å². The van der Waals surface area contributed by atoms with Crippen LogP contribution in [-0.4, -0.2) is 11.2 Å². The molecule has 1 aromatic carbocycles. The number of anilines is 1. The second-order valence-electron chi connectivity index (χ2n) is 3.77. The highest BCUT2D eigenvalue weighted by Gasteiger charge is 2.00. The molecule has 2 rings (SSSR count). The van der Waals surface area contributed by atoms with E-state index in [1.165, 1.54) is 4.57 Å². The Labute approximate surface area is 113 Å². The van der Waals surface area contributed by atoms with E-state index in [9.17, 15) is 4.79 Å². The number of aromatic nitrogens is 1. The first-order valence-corrected chi connectivity index (χ1v) is 6.29. The van der Waals surface area contributed by atoms with Crippen molar-refractivity contribution in [2.45, 2.75) is 6.54 Å². The molecule has 0 aliphatic rings. The largest absolute Gasteiger partial charge is 0.492 e. The number of halogens is 1. The number of nitrogens with two attached hydrogens (primary N) is 1. The van der Waals surface area contributed by atoms with Crippen molar-refractivity contribution < 1.29 is 4.74 Å². The molecular weight excluding hydrogens is 296 g/mol. The van der Waals surface area contributed by atoms with Gasteiger partial charge in [-0.2, -0.15) is 0 Å². The van der Waals surface area contributed by atoms with Crippen molar-refractivity contribution in [1.29, 1.82) is 0 Å². The Bertz CT molecular complexity index is 596. The topological polar surface area (TPSA) is 57.2 Å². The maximum atomic E-state index is 11.6. The molecule has 0 spiro atoms.